The molecular weight excluding hydrogens is 280 g/mol. The second-order valence-corrected chi connectivity index (χ2v) is 2.76. The van der Waals surface area contributed by atoms with Crippen molar-refractivity contribution in [3.8, 4) is 0 Å². The molecule has 0 saturated heterocycles. The SMILES string of the molecule is C=CC1=C([CH]=[W])CC=C1. The van der Waals surface area contributed by atoms with Gasteiger partial charge in [0.25, 0.3) is 0 Å². The van der Waals surface area contributed by atoms with Crippen molar-refractivity contribution in [1.82, 2.24) is 0 Å². The van der Waals surface area contributed by atoms with Crippen molar-refractivity contribution in [3.63, 3.8) is 0 Å². The molecule has 0 aromatic carbocycles. The molecule has 0 radical (unpaired) electrons. The molecule has 0 bridgehead atoms. The number of hydrogen-bond donors (Lipinski definition) is 0. The summed E-state index contributed by atoms with van der Waals surface area (Å²) in [6, 6.07) is 0. The molecule has 0 N–H and O–H groups in total. The molecule has 1 rings (SSSR count). The fraction of sp³-hybridized carbons (Fsp3) is 0.125. The monoisotopic (exact) mass is 288 g/mol. The first-order valence-corrected chi connectivity index (χ1v) is 4.55. The van der Waals surface area contributed by atoms with E-state index in [1.807, 2.05) is 6.08 Å². The summed E-state index contributed by atoms with van der Waals surface area (Å²) >= 11 is 1.52. The summed E-state index contributed by atoms with van der Waals surface area (Å²) in [5.41, 5.74) is 2.73. The summed E-state index contributed by atoms with van der Waals surface area (Å²) in [7, 11) is 0. The van der Waals surface area contributed by atoms with Gasteiger partial charge in [-0.25, -0.2) is 0 Å². The van der Waals surface area contributed by atoms with Gasteiger partial charge in [0.2, 0.25) is 0 Å². The van der Waals surface area contributed by atoms with E-state index in [1.165, 1.54) is 30.5 Å². The standard InChI is InChI=1S/C8H8.W/c1-3-8-6-4-5-7(8)2;/h2-4,6H,1,5H2;. The van der Waals surface area contributed by atoms with Crippen molar-refractivity contribution in [2.24, 2.45) is 0 Å². The molecular formula is C8H8W. The predicted molar refractivity (Wildman–Crippen MR) is 37.0 cm³/mol. The Morgan fingerprint density at radius 3 is 2.89 bits per heavy atom. The van der Waals surface area contributed by atoms with Crippen molar-refractivity contribution in [2.45, 2.75) is 6.42 Å². The van der Waals surface area contributed by atoms with Crippen LogP contribution in [0.5, 0.6) is 0 Å². The van der Waals surface area contributed by atoms with Crippen LogP contribution in [0.4, 0.5) is 0 Å². The molecule has 0 atom stereocenters. The van der Waals surface area contributed by atoms with E-state index >= 15 is 0 Å². The molecule has 9 heavy (non-hydrogen) atoms. The zero-order valence-electron chi connectivity index (χ0n) is 5.13. The first-order chi connectivity index (χ1) is 4.38. The average molecular weight is 288 g/mol. The molecule has 0 aromatic heterocycles. The first kappa shape index (κ1) is 6.89. The van der Waals surface area contributed by atoms with Crippen LogP contribution in [0.1, 0.15) is 6.42 Å². The zero-order valence-corrected chi connectivity index (χ0v) is 8.07. The molecule has 1 heteroatoms. The van der Waals surface area contributed by atoms with Gasteiger partial charge in [0.1, 0.15) is 0 Å². The summed E-state index contributed by atoms with van der Waals surface area (Å²) in [6.07, 6.45) is 7.32. The van der Waals surface area contributed by atoms with Crippen LogP contribution in [0, 0.1) is 0 Å². The Balaban J connectivity index is 2.91. The summed E-state index contributed by atoms with van der Waals surface area (Å²) in [5, 5.41) is 0. The molecule has 0 heterocycles. The van der Waals surface area contributed by atoms with Gasteiger partial charge in [-0.2, -0.15) is 0 Å². The molecule has 0 unspecified atom stereocenters. The maximum atomic E-state index is 3.72. The fourth-order valence-corrected chi connectivity index (χ4v) is 1.69. The van der Waals surface area contributed by atoms with E-state index in [0.29, 0.717) is 0 Å². The van der Waals surface area contributed by atoms with Crippen LogP contribution in [-0.4, -0.2) is 4.40 Å². The van der Waals surface area contributed by atoms with Crippen molar-refractivity contribution in [3.05, 3.63) is 36.0 Å². The van der Waals surface area contributed by atoms with Gasteiger partial charge in [-0.3, -0.25) is 0 Å². The molecule has 46 valence electrons. The van der Waals surface area contributed by atoms with E-state index in [4.69, 9.17) is 0 Å². The van der Waals surface area contributed by atoms with E-state index in [2.05, 4.69) is 23.1 Å². The van der Waals surface area contributed by atoms with Crippen molar-refractivity contribution in [1.29, 1.82) is 0 Å². The van der Waals surface area contributed by atoms with E-state index < -0.39 is 0 Å². The Labute approximate surface area is 66.4 Å². The van der Waals surface area contributed by atoms with Crippen LogP contribution in [-0.2, 0) is 19.4 Å². The molecule has 0 amide bonds. The molecule has 0 aliphatic heterocycles. The van der Waals surface area contributed by atoms with Crippen LogP contribution in [0.25, 0.3) is 0 Å². The van der Waals surface area contributed by atoms with Crippen molar-refractivity contribution >= 4 is 4.40 Å². The molecule has 0 fully saturated rings. The van der Waals surface area contributed by atoms with E-state index in [-0.39, 0.29) is 0 Å². The first-order valence-electron chi connectivity index (χ1n) is 2.86. The molecule has 0 saturated carbocycles. The molecule has 0 spiro atoms. The Bertz CT molecular complexity index is 197. The number of rotatable bonds is 2. The van der Waals surface area contributed by atoms with Gasteiger partial charge in [0, 0.05) is 0 Å². The Morgan fingerprint density at radius 1 is 1.67 bits per heavy atom. The van der Waals surface area contributed by atoms with Crippen molar-refractivity contribution < 1.29 is 19.4 Å². The van der Waals surface area contributed by atoms with Gasteiger partial charge in [0.15, 0.2) is 0 Å². The van der Waals surface area contributed by atoms with E-state index in [0.717, 1.165) is 6.42 Å². The van der Waals surface area contributed by atoms with Crippen molar-refractivity contribution in [2.75, 3.05) is 0 Å². The third-order valence-electron chi connectivity index (χ3n) is 1.37. The fourth-order valence-electron chi connectivity index (χ4n) is 0.853. The molecule has 0 aromatic rings. The minimum absolute atomic E-state index is 1.10. The second kappa shape index (κ2) is 3.08. The Morgan fingerprint density at radius 2 is 2.44 bits per heavy atom. The van der Waals surface area contributed by atoms with Gasteiger partial charge in [0.05, 0.1) is 0 Å². The van der Waals surface area contributed by atoms with Gasteiger partial charge >= 0.3 is 66.1 Å². The number of allylic oxidation sites excluding steroid dienone is 5. The average Bonchev–Trinajstić information content (AvgIpc) is 2.33. The summed E-state index contributed by atoms with van der Waals surface area (Å²) in [4.78, 5) is 0. The van der Waals surface area contributed by atoms with Gasteiger partial charge in [-0.05, 0) is 0 Å². The molecule has 1 aliphatic carbocycles. The Kier molecular flexibility index (Phi) is 2.36. The summed E-state index contributed by atoms with van der Waals surface area (Å²) in [6.45, 7) is 3.72. The number of hydrogen-bond acceptors (Lipinski definition) is 0. The maximum absolute atomic E-state index is 3.72. The minimum atomic E-state index is 1.10. The van der Waals surface area contributed by atoms with Gasteiger partial charge in [-0.1, -0.05) is 0 Å². The topological polar surface area (TPSA) is 0 Å². The zero-order chi connectivity index (χ0) is 6.69. The van der Waals surface area contributed by atoms with E-state index in [9.17, 15) is 0 Å². The normalized spacial score (nSPS) is 16.4. The molecule has 1 aliphatic rings. The summed E-state index contributed by atoms with van der Waals surface area (Å²) < 4.78 is 2.22. The third kappa shape index (κ3) is 1.37. The van der Waals surface area contributed by atoms with Crippen LogP contribution < -0.4 is 0 Å². The molecule has 0 nitrogen and oxygen atoms in total. The van der Waals surface area contributed by atoms with Crippen LogP contribution in [0.3, 0.4) is 0 Å². The summed E-state index contributed by atoms with van der Waals surface area (Å²) in [5.74, 6) is 0. The van der Waals surface area contributed by atoms with Crippen LogP contribution >= 0.6 is 0 Å². The Hall–Kier alpha value is -0.222. The van der Waals surface area contributed by atoms with Crippen LogP contribution in [0.2, 0.25) is 0 Å². The predicted octanol–water partition coefficient (Wildman–Crippen LogP) is 1.78. The third-order valence-corrected chi connectivity index (χ3v) is 2.39. The van der Waals surface area contributed by atoms with E-state index in [1.54, 1.807) is 0 Å². The quantitative estimate of drug-likeness (QED) is 0.726. The second-order valence-electron chi connectivity index (χ2n) is 1.91. The van der Waals surface area contributed by atoms with Gasteiger partial charge in [-0.15, -0.1) is 0 Å². The van der Waals surface area contributed by atoms with Crippen LogP contribution in [0.15, 0.2) is 36.0 Å². The van der Waals surface area contributed by atoms with Gasteiger partial charge < -0.3 is 0 Å².